The highest BCUT2D eigenvalue weighted by Gasteiger charge is 2.22. The highest BCUT2D eigenvalue weighted by Crippen LogP contribution is 2.27. The van der Waals surface area contributed by atoms with Crippen LogP contribution in [0.15, 0.2) is 39.8 Å². The summed E-state index contributed by atoms with van der Waals surface area (Å²) in [6.45, 7) is 6.67. The molecule has 0 saturated carbocycles. The van der Waals surface area contributed by atoms with E-state index in [1.165, 1.54) is 0 Å². The molecular formula is C20H28ClN5O. The van der Waals surface area contributed by atoms with Gasteiger partial charge in [0.2, 0.25) is 0 Å². The van der Waals surface area contributed by atoms with Gasteiger partial charge < -0.3 is 20.1 Å². The Hall–Kier alpha value is -2.21. The quantitative estimate of drug-likeness (QED) is 0.601. The third-order valence-corrected chi connectivity index (χ3v) is 5.10. The van der Waals surface area contributed by atoms with Crippen molar-refractivity contribution >= 4 is 23.2 Å². The van der Waals surface area contributed by atoms with Crippen molar-refractivity contribution in [3.63, 3.8) is 0 Å². The van der Waals surface area contributed by atoms with Crippen LogP contribution in [-0.4, -0.2) is 37.3 Å². The maximum absolute atomic E-state index is 6.37. The van der Waals surface area contributed by atoms with E-state index in [4.69, 9.17) is 16.1 Å². The molecule has 1 saturated heterocycles. The van der Waals surface area contributed by atoms with Gasteiger partial charge in [0.25, 0.3) is 0 Å². The van der Waals surface area contributed by atoms with E-state index in [0.29, 0.717) is 18.5 Å². The maximum atomic E-state index is 6.37. The van der Waals surface area contributed by atoms with Crippen LogP contribution < -0.4 is 15.5 Å². The zero-order valence-corrected chi connectivity index (χ0v) is 17.0. The van der Waals surface area contributed by atoms with Gasteiger partial charge in [-0.3, -0.25) is 4.99 Å². The number of halogens is 1. The molecule has 0 aliphatic carbocycles. The van der Waals surface area contributed by atoms with E-state index in [9.17, 15) is 0 Å². The van der Waals surface area contributed by atoms with Gasteiger partial charge in [-0.15, -0.1) is 0 Å². The standard InChI is InChI=1S/C20H28ClN5O/c1-14(2)18-11-16(27-25-18)12-23-20(22-3)24-15-7-6-10-26(13-15)19-9-5-4-8-17(19)21/h4-5,8-9,11,14-15H,6-7,10,12-13H2,1-3H3,(H2,22,23,24). The first kappa shape index (κ1) is 19.5. The second-order valence-electron chi connectivity index (χ2n) is 7.18. The molecule has 1 unspecified atom stereocenters. The van der Waals surface area contributed by atoms with E-state index in [1.807, 2.05) is 24.3 Å². The van der Waals surface area contributed by atoms with Crippen molar-refractivity contribution in [2.75, 3.05) is 25.0 Å². The minimum absolute atomic E-state index is 0.308. The van der Waals surface area contributed by atoms with Gasteiger partial charge in [-0.2, -0.15) is 0 Å². The number of rotatable bonds is 5. The van der Waals surface area contributed by atoms with Crippen molar-refractivity contribution in [1.29, 1.82) is 0 Å². The van der Waals surface area contributed by atoms with Crippen LogP contribution in [0.1, 0.15) is 44.1 Å². The van der Waals surface area contributed by atoms with E-state index >= 15 is 0 Å². The molecule has 2 heterocycles. The largest absolute Gasteiger partial charge is 0.368 e. The second-order valence-corrected chi connectivity index (χ2v) is 7.59. The number of guanidine groups is 1. The summed E-state index contributed by atoms with van der Waals surface area (Å²) in [5, 5.41) is 11.7. The molecule has 7 heteroatoms. The summed E-state index contributed by atoms with van der Waals surface area (Å²) < 4.78 is 5.38. The third-order valence-electron chi connectivity index (χ3n) is 4.78. The van der Waals surface area contributed by atoms with E-state index in [1.54, 1.807) is 7.05 Å². The molecule has 2 N–H and O–H groups in total. The van der Waals surface area contributed by atoms with Crippen molar-refractivity contribution in [2.45, 2.75) is 45.2 Å². The molecule has 1 fully saturated rings. The Morgan fingerprint density at radius 3 is 2.93 bits per heavy atom. The fraction of sp³-hybridized carbons (Fsp3) is 0.500. The first-order chi connectivity index (χ1) is 13.1. The van der Waals surface area contributed by atoms with Gasteiger partial charge >= 0.3 is 0 Å². The van der Waals surface area contributed by atoms with Crippen molar-refractivity contribution in [2.24, 2.45) is 4.99 Å². The Morgan fingerprint density at radius 2 is 2.22 bits per heavy atom. The number of hydrogen-bond donors (Lipinski definition) is 2. The zero-order valence-electron chi connectivity index (χ0n) is 16.2. The number of hydrogen-bond acceptors (Lipinski definition) is 4. The van der Waals surface area contributed by atoms with Crippen molar-refractivity contribution in [1.82, 2.24) is 15.8 Å². The molecular weight excluding hydrogens is 362 g/mol. The number of benzene rings is 1. The maximum Gasteiger partial charge on any atom is 0.191 e. The summed E-state index contributed by atoms with van der Waals surface area (Å²) in [4.78, 5) is 6.68. The van der Waals surface area contributed by atoms with Crippen LogP contribution in [-0.2, 0) is 6.54 Å². The summed E-state index contributed by atoms with van der Waals surface area (Å²) in [5.74, 6) is 1.93. The number of anilines is 1. The molecule has 1 aliphatic heterocycles. The molecule has 1 aliphatic rings. The van der Waals surface area contributed by atoms with Crippen molar-refractivity contribution in [3.05, 3.63) is 46.8 Å². The number of aliphatic imine (C=N–C) groups is 1. The summed E-state index contributed by atoms with van der Waals surface area (Å²) in [6, 6.07) is 10.3. The molecule has 0 bridgehead atoms. The first-order valence-electron chi connectivity index (χ1n) is 9.49. The van der Waals surface area contributed by atoms with Crippen LogP contribution in [0.25, 0.3) is 0 Å². The molecule has 0 radical (unpaired) electrons. The van der Waals surface area contributed by atoms with Gasteiger partial charge in [0, 0.05) is 32.2 Å². The number of nitrogens with zero attached hydrogens (tertiary/aromatic N) is 3. The molecule has 6 nitrogen and oxygen atoms in total. The number of piperidine rings is 1. The van der Waals surface area contributed by atoms with Crippen LogP contribution in [0.4, 0.5) is 5.69 Å². The fourth-order valence-corrected chi connectivity index (χ4v) is 3.52. The molecule has 0 amide bonds. The summed E-state index contributed by atoms with van der Waals surface area (Å²) in [6.07, 6.45) is 2.21. The van der Waals surface area contributed by atoms with Crippen LogP contribution in [0, 0.1) is 0 Å². The average molecular weight is 390 g/mol. The highest BCUT2D eigenvalue weighted by molar-refractivity contribution is 6.33. The average Bonchev–Trinajstić information content (AvgIpc) is 3.15. The molecule has 1 aromatic heterocycles. The molecule has 146 valence electrons. The molecule has 3 rings (SSSR count). The monoisotopic (exact) mass is 389 g/mol. The summed E-state index contributed by atoms with van der Waals surface area (Å²) in [7, 11) is 1.78. The van der Waals surface area contributed by atoms with Crippen molar-refractivity contribution in [3.8, 4) is 0 Å². The predicted octanol–water partition coefficient (Wildman–Crippen LogP) is 3.79. The Balaban J connectivity index is 1.55. The van der Waals surface area contributed by atoms with Crippen molar-refractivity contribution < 1.29 is 4.52 Å². The van der Waals surface area contributed by atoms with E-state index in [-0.39, 0.29) is 0 Å². The van der Waals surface area contributed by atoms with Crippen LogP contribution in [0.5, 0.6) is 0 Å². The zero-order chi connectivity index (χ0) is 19.2. The lowest BCUT2D eigenvalue weighted by Crippen LogP contribution is -2.51. The molecule has 27 heavy (non-hydrogen) atoms. The summed E-state index contributed by atoms with van der Waals surface area (Å²) in [5.41, 5.74) is 2.06. The smallest absolute Gasteiger partial charge is 0.191 e. The predicted molar refractivity (Wildman–Crippen MR) is 111 cm³/mol. The van der Waals surface area contributed by atoms with E-state index in [0.717, 1.165) is 54.1 Å². The topological polar surface area (TPSA) is 65.7 Å². The Kier molecular flexibility index (Phi) is 6.61. The van der Waals surface area contributed by atoms with Gasteiger partial charge in [0.05, 0.1) is 22.9 Å². The van der Waals surface area contributed by atoms with E-state index in [2.05, 4.69) is 45.6 Å². The third kappa shape index (κ3) is 5.16. The number of nitrogens with one attached hydrogen (secondary N) is 2. The van der Waals surface area contributed by atoms with Gasteiger partial charge in [0.1, 0.15) is 0 Å². The van der Waals surface area contributed by atoms with Gasteiger partial charge in [-0.25, -0.2) is 0 Å². The Bertz CT molecular complexity index is 773. The lowest BCUT2D eigenvalue weighted by atomic mass is 10.0. The second kappa shape index (κ2) is 9.13. The van der Waals surface area contributed by atoms with E-state index < -0.39 is 0 Å². The molecule has 1 aromatic carbocycles. The normalized spacial score (nSPS) is 18.0. The number of para-hydroxylation sites is 1. The molecule has 1 atom stereocenters. The number of aromatic nitrogens is 1. The van der Waals surface area contributed by atoms with Crippen LogP contribution in [0.3, 0.4) is 0 Å². The minimum Gasteiger partial charge on any atom is -0.368 e. The molecule has 0 spiro atoms. The summed E-state index contributed by atoms with van der Waals surface area (Å²) >= 11 is 6.37. The lowest BCUT2D eigenvalue weighted by Gasteiger charge is -2.35. The van der Waals surface area contributed by atoms with Crippen LogP contribution >= 0.6 is 11.6 Å². The first-order valence-corrected chi connectivity index (χ1v) is 9.86. The van der Waals surface area contributed by atoms with Gasteiger partial charge in [-0.05, 0) is 30.9 Å². The van der Waals surface area contributed by atoms with Gasteiger partial charge in [-0.1, -0.05) is 42.7 Å². The Morgan fingerprint density at radius 1 is 1.41 bits per heavy atom. The minimum atomic E-state index is 0.308. The Labute approximate surface area is 166 Å². The van der Waals surface area contributed by atoms with Gasteiger partial charge in [0.15, 0.2) is 11.7 Å². The fourth-order valence-electron chi connectivity index (χ4n) is 3.27. The molecule has 2 aromatic rings. The highest BCUT2D eigenvalue weighted by atomic mass is 35.5. The lowest BCUT2D eigenvalue weighted by molar-refractivity contribution is 0.371. The SMILES string of the molecule is CN=C(NCc1cc(C(C)C)no1)NC1CCCN(c2ccccc2Cl)C1. The van der Waals surface area contributed by atoms with Crippen LogP contribution in [0.2, 0.25) is 5.02 Å².